The fourth-order valence-electron chi connectivity index (χ4n) is 0.565. The average molecular weight is 255 g/mol. The van der Waals surface area contributed by atoms with Crippen molar-refractivity contribution in [3.8, 4) is 0 Å². The summed E-state index contributed by atoms with van der Waals surface area (Å²) in [6.45, 7) is 2.97. The number of halogens is 1. The first-order valence-electron chi connectivity index (χ1n) is 3.38. The van der Waals surface area contributed by atoms with Crippen molar-refractivity contribution in [2.75, 3.05) is 20.6 Å². The Kier molecular flexibility index (Phi) is 5.25. The molecule has 0 radical (unpaired) electrons. The zero-order chi connectivity index (χ0) is 8.15. The van der Waals surface area contributed by atoms with Gasteiger partial charge in [0.25, 0.3) is 0 Å². The minimum absolute atomic E-state index is 0.211. The van der Waals surface area contributed by atoms with Crippen LogP contribution in [0.5, 0.6) is 0 Å². The predicted octanol–water partition coefficient (Wildman–Crippen LogP) is 1.54. The third kappa shape index (κ3) is 5.17. The lowest BCUT2D eigenvalue weighted by atomic mass is 10.1. The second-order valence-electron chi connectivity index (χ2n) is 2.80. The molecule has 0 spiro atoms. The van der Waals surface area contributed by atoms with Crippen molar-refractivity contribution < 1.29 is 4.79 Å². The highest BCUT2D eigenvalue weighted by Crippen LogP contribution is 2.07. The summed E-state index contributed by atoms with van der Waals surface area (Å²) < 4.78 is 0.263. The van der Waals surface area contributed by atoms with Crippen molar-refractivity contribution in [1.29, 1.82) is 0 Å². The Morgan fingerprint density at radius 2 is 2.10 bits per heavy atom. The molecular weight excluding hydrogens is 241 g/mol. The van der Waals surface area contributed by atoms with Gasteiger partial charge in [0, 0.05) is 5.92 Å². The van der Waals surface area contributed by atoms with E-state index in [1.165, 1.54) is 0 Å². The smallest absolute Gasteiger partial charge is 0.195 e. The molecule has 3 heteroatoms. The molecule has 2 nitrogen and oxygen atoms in total. The lowest BCUT2D eigenvalue weighted by Gasteiger charge is -2.11. The van der Waals surface area contributed by atoms with E-state index in [9.17, 15) is 4.79 Å². The number of hydrogen-bond donors (Lipinski definition) is 0. The summed E-state index contributed by atoms with van der Waals surface area (Å²) in [5.74, 6) is 0.211. The van der Waals surface area contributed by atoms with Crippen LogP contribution in [0.3, 0.4) is 0 Å². The first-order chi connectivity index (χ1) is 4.54. The van der Waals surface area contributed by atoms with Gasteiger partial charge < -0.3 is 4.90 Å². The molecule has 0 aromatic carbocycles. The fourth-order valence-corrected chi connectivity index (χ4v) is 0.877. The van der Waals surface area contributed by atoms with Crippen LogP contribution in [-0.4, -0.2) is 29.3 Å². The van der Waals surface area contributed by atoms with Crippen LogP contribution >= 0.6 is 22.6 Å². The highest BCUT2D eigenvalue weighted by molar-refractivity contribution is 14.1. The maximum atomic E-state index is 10.7. The maximum absolute atomic E-state index is 10.7. The molecule has 0 saturated carbocycles. The third-order valence-corrected chi connectivity index (χ3v) is 2.46. The number of carbonyl (C=O) groups is 1. The van der Waals surface area contributed by atoms with E-state index in [2.05, 4.69) is 4.90 Å². The molecule has 0 aliphatic heterocycles. The highest BCUT2D eigenvalue weighted by Gasteiger charge is 2.08. The van der Waals surface area contributed by atoms with Crippen LogP contribution in [0, 0.1) is 5.92 Å². The van der Waals surface area contributed by atoms with Gasteiger partial charge in [-0.1, -0.05) is 6.92 Å². The number of rotatable bonds is 4. The van der Waals surface area contributed by atoms with Gasteiger partial charge in [-0.3, -0.25) is 4.79 Å². The van der Waals surface area contributed by atoms with Crippen LogP contribution in [0.25, 0.3) is 0 Å². The summed E-state index contributed by atoms with van der Waals surface area (Å²) in [7, 11) is 4.04. The molecule has 1 atom stereocenters. The Morgan fingerprint density at radius 1 is 1.60 bits per heavy atom. The molecule has 0 rings (SSSR count). The second-order valence-corrected chi connectivity index (χ2v) is 3.86. The maximum Gasteiger partial charge on any atom is 0.195 e. The normalized spacial score (nSPS) is 13.7. The third-order valence-electron chi connectivity index (χ3n) is 1.40. The summed E-state index contributed by atoms with van der Waals surface area (Å²) in [5.41, 5.74) is 0. The van der Waals surface area contributed by atoms with Gasteiger partial charge in [-0.2, -0.15) is 0 Å². The second kappa shape index (κ2) is 5.07. The van der Waals surface area contributed by atoms with Gasteiger partial charge in [0.15, 0.2) is 3.79 Å². The average Bonchev–Trinajstić information content (AvgIpc) is 1.82. The van der Waals surface area contributed by atoms with Crippen LogP contribution in [0.15, 0.2) is 0 Å². The van der Waals surface area contributed by atoms with Crippen LogP contribution in [0.4, 0.5) is 0 Å². The molecular formula is C7H14INO. The van der Waals surface area contributed by atoms with Gasteiger partial charge in [-0.05, 0) is 49.7 Å². The molecule has 0 aliphatic rings. The van der Waals surface area contributed by atoms with Gasteiger partial charge in [-0.25, -0.2) is 0 Å². The largest absolute Gasteiger partial charge is 0.309 e. The molecule has 0 aliphatic carbocycles. The molecule has 0 saturated heterocycles. The minimum atomic E-state index is 0.211. The van der Waals surface area contributed by atoms with Crippen molar-refractivity contribution in [3.05, 3.63) is 0 Å². The predicted molar refractivity (Wildman–Crippen MR) is 51.4 cm³/mol. The Labute approximate surface area is 76.1 Å². The molecule has 0 fully saturated rings. The van der Waals surface area contributed by atoms with Crippen molar-refractivity contribution in [3.63, 3.8) is 0 Å². The first-order valence-corrected chi connectivity index (χ1v) is 4.46. The molecule has 0 aromatic heterocycles. The summed E-state index contributed by atoms with van der Waals surface area (Å²) in [6, 6.07) is 0. The zero-order valence-corrected chi connectivity index (χ0v) is 8.88. The summed E-state index contributed by atoms with van der Waals surface area (Å²) in [4.78, 5) is 12.8. The topological polar surface area (TPSA) is 20.3 Å². The van der Waals surface area contributed by atoms with Gasteiger partial charge in [0.05, 0.1) is 0 Å². The SMILES string of the molecule is CC(CCN(C)C)C(=O)I. The van der Waals surface area contributed by atoms with Crippen molar-refractivity contribution in [2.45, 2.75) is 13.3 Å². The van der Waals surface area contributed by atoms with E-state index >= 15 is 0 Å². The van der Waals surface area contributed by atoms with Gasteiger partial charge in [0.1, 0.15) is 0 Å². The summed E-state index contributed by atoms with van der Waals surface area (Å²) in [5, 5.41) is 0. The lowest BCUT2D eigenvalue weighted by Crippen LogP contribution is -2.17. The van der Waals surface area contributed by atoms with Crippen LogP contribution in [0.2, 0.25) is 0 Å². The molecule has 10 heavy (non-hydrogen) atoms. The van der Waals surface area contributed by atoms with E-state index in [0.29, 0.717) is 0 Å². The van der Waals surface area contributed by atoms with E-state index in [4.69, 9.17) is 0 Å². The van der Waals surface area contributed by atoms with E-state index in [1.54, 1.807) is 0 Å². The summed E-state index contributed by atoms with van der Waals surface area (Å²) in [6.07, 6.45) is 0.967. The molecule has 0 bridgehead atoms. The van der Waals surface area contributed by atoms with Crippen LogP contribution in [-0.2, 0) is 4.79 Å². The van der Waals surface area contributed by atoms with Crippen LogP contribution < -0.4 is 0 Å². The molecule has 0 aromatic rings. The Morgan fingerprint density at radius 3 is 2.40 bits per heavy atom. The highest BCUT2D eigenvalue weighted by atomic mass is 127. The van der Waals surface area contributed by atoms with Gasteiger partial charge in [0.2, 0.25) is 0 Å². The van der Waals surface area contributed by atoms with Gasteiger partial charge in [-0.15, -0.1) is 0 Å². The first kappa shape index (κ1) is 10.4. The standard InChI is InChI=1S/C7H14INO/c1-6(7(8)10)4-5-9(2)3/h6H,4-5H2,1-3H3. The fraction of sp³-hybridized carbons (Fsp3) is 0.857. The Balaban J connectivity index is 3.40. The van der Waals surface area contributed by atoms with E-state index in [1.807, 2.05) is 43.6 Å². The Hall–Kier alpha value is 0.360. The molecule has 0 heterocycles. The quantitative estimate of drug-likeness (QED) is 0.561. The van der Waals surface area contributed by atoms with Gasteiger partial charge >= 0.3 is 0 Å². The molecule has 1 unspecified atom stereocenters. The van der Waals surface area contributed by atoms with Crippen LogP contribution in [0.1, 0.15) is 13.3 Å². The van der Waals surface area contributed by atoms with E-state index in [-0.39, 0.29) is 9.71 Å². The lowest BCUT2D eigenvalue weighted by molar-refractivity contribution is -0.112. The molecule has 0 N–H and O–H groups in total. The monoisotopic (exact) mass is 255 g/mol. The molecule has 0 amide bonds. The molecule has 60 valence electrons. The number of hydrogen-bond acceptors (Lipinski definition) is 2. The minimum Gasteiger partial charge on any atom is -0.309 e. The van der Waals surface area contributed by atoms with E-state index in [0.717, 1.165) is 13.0 Å². The van der Waals surface area contributed by atoms with Crippen molar-refractivity contribution >= 4 is 26.4 Å². The van der Waals surface area contributed by atoms with E-state index < -0.39 is 0 Å². The number of carbonyl (C=O) groups excluding carboxylic acids is 1. The van der Waals surface area contributed by atoms with Crippen molar-refractivity contribution in [1.82, 2.24) is 4.90 Å². The summed E-state index contributed by atoms with van der Waals surface area (Å²) >= 11 is 1.86. The Bertz CT molecular complexity index is 114. The zero-order valence-electron chi connectivity index (χ0n) is 6.72. The van der Waals surface area contributed by atoms with Crippen molar-refractivity contribution in [2.24, 2.45) is 5.92 Å². The number of nitrogens with zero attached hydrogens (tertiary/aromatic N) is 1.